The Morgan fingerprint density at radius 2 is 1.46 bits per heavy atom. The highest BCUT2D eigenvalue weighted by atomic mass is 28.4. The molecule has 0 bridgehead atoms. The van der Waals surface area contributed by atoms with Gasteiger partial charge in [0.05, 0.1) is 12.6 Å². The molecule has 0 radical (unpaired) electrons. The normalized spacial score (nSPS) is 13.2. The van der Waals surface area contributed by atoms with Gasteiger partial charge in [0.1, 0.15) is 0 Å². The van der Waals surface area contributed by atoms with Crippen molar-refractivity contribution in [3.05, 3.63) is 60.7 Å². The zero-order valence-corrected chi connectivity index (χ0v) is 15.8. The van der Waals surface area contributed by atoms with E-state index in [1.54, 1.807) is 6.08 Å². The average molecular weight is 340 g/mol. The maximum Gasteiger partial charge on any atom is 0.261 e. The third-order valence-corrected chi connectivity index (χ3v) is 9.24. The third kappa shape index (κ3) is 3.73. The van der Waals surface area contributed by atoms with Crippen LogP contribution in [0.15, 0.2) is 65.7 Å². The molecule has 1 atom stereocenters. The fourth-order valence-electron chi connectivity index (χ4n) is 3.13. The molecule has 0 N–H and O–H groups in total. The molecule has 0 aliphatic carbocycles. The smallest absolute Gasteiger partial charge is 0.261 e. The third-order valence-electron chi connectivity index (χ3n) is 4.23. The summed E-state index contributed by atoms with van der Waals surface area (Å²) in [6.45, 7) is 8.97. The zero-order valence-electron chi connectivity index (χ0n) is 14.8. The topological polar surface area (TPSA) is 38.7 Å². The van der Waals surface area contributed by atoms with E-state index in [0.29, 0.717) is 6.61 Å². The molecule has 2 aromatic rings. The Balaban J connectivity index is 2.59. The Morgan fingerprint density at radius 3 is 1.83 bits per heavy atom. The van der Waals surface area contributed by atoms with Crippen molar-refractivity contribution >= 4 is 24.8 Å². The second-order valence-electron chi connectivity index (χ2n) is 7.04. The molecule has 0 heterocycles. The number of benzene rings is 2. The molecule has 0 saturated carbocycles. The zero-order chi connectivity index (χ0) is 17.6. The fourth-order valence-corrected chi connectivity index (χ4v) is 7.78. The number of carbonyl (C=O) groups excluding carboxylic acids is 1. The highest BCUT2D eigenvalue weighted by Gasteiger charge is 2.50. The molecule has 2 rings (SSSR count). The van der Waals surface area contributed by atoms with E-state index in [1.807, 2.05) is 19.1 Å². The number of rotatable bonds is 6. The summed E-state index contributed by atoms with van der Waals surface area (Å²) in [5.74, 6) is 0. The fraction of sp³-hybridized carbons (Fsp3) is 0.350. The van der Waals surface area contributed by atoms with Gasteiger partial charge in [-0.2, -0.15) is 0 Å². The number of hydrogen-bond acceptors (Lipinski definition) is 3. The van der Waals surface area contributed by atoms with Crippen LogP contribution in [0, 0.1) is 0 Å². The van der Waals surface area contributed by atoms with E-state index in [2.05, 4.69) is 74.3 Å². The Bertz CT molecular complexity index is 649. The standard InChI is InChI=1S/C20H25NO2Si/c1-17(21-16-22)15-23-24(20(2,3)4,18-11-7-5-8-12-18)19-13-9-6-10-14-19/h5-14,17H,15H2,1-4H3/t17-/m1/s1. The second kappa shape index (κ2) is 7.71. The van der Waals surface area contributed by atoms with Gasteiger partial charge in [-0.1, -0.05) is 81.4 Å². The first-order valence-electron chi connectivity index (χ1n) is 8.24. The SMILES string of the molecule is C[C@H](CO[Si](c1ccccc1)(c1ccccc1)C(C)(C)C)N=C=O. The van der Waals surface area contributed by atoms with Crippen molar-refractivity contribution in [1.29, 1.82) is 0 Å². The summed E-state index contributed by atoms with van der Waals surface area (Å²) < 4.78 is 6.65. The van der Waals surface area contributed by atoms with E-state index in [4.69, 9.17) is 4.43 Å². The Hall–Kier alpha value is -2.00. The summed E-state index contributed by atoms with van der Waals surface area (Å²) in [6, 6.07) is 20.7. The van der Waals surface area contributed by atoms with E-state index in [0.717, 1.165) is 0 Å². The quantitative estimate of drug-likeness (QED) is 0.460. The van der Waals surface area contributed by atoms with Gasteiger partial charge in [0, 0.05) is 0 Å². The number of isocyanates is 1. The molecule has 0 amide bonds. The minimum absolute atomic E-state index is 0.0691. The van der Waals surface area contributed by atoms with Gasteiger partial charge in [0.15, 0.2) is 0 Å². The summed E-state index contributed by atoms with van der Waals surface area (Å²) in [7, 11) is -2.53. The van der Waals surface area contributed by atoms with E-state index in [9.17, 15) is 4.79 Å². The van der Waals surface area contributed by atoms with Crippen LogP contribution in [0.1, 0.15) is 27.7 Å². The summed E-state index contributed by atoms with van der Waals surface area (Å²) in [5.41, 5.74) is 0. The maximum absolute atomic E-state index is 10.5. The van der Waals surface area contributed by atoms with Gasteiger partial charge in [-0.15, -0.1) is 0 Å². The Morgan fingerprint density at radius 1 is 1.00 bits per heavy atom. The lowest BCUT2D eigenvalue weighted by molar-refractivity contribution is 0.279. The van der Waals surface area contributed by atoms with Gasteiger partial charge in [0.25, 0.3) is 8.32 Å². The van der Waals surface area contributed by atoms with Gasteiger partial charge < -0.3 is 4.43 Å². The lowest BCUT2D eigenvalue weighted by atomic mass is 10.2. The van der Waals surface area contributed by atoms with Gasteiger partial charge >= 0.3 is 0 Å². The molecular formula is C20H25NO2Si. The predicted molar refractivity (Wildman–Crippen MR) is 101 cm³/mol. The van der Waals surface area contributed by atoms with Gasteiger partial charge in [0.2, 0.25) is 6.08 Å². The van der Waals surface area contributed by atoms with Crippen LogP contribution in [0.5, 0.6) is 0 Å². The van der Waals surface area contributed by atoms with Crippen LogP contribution >= 0.6 is 0 Å². The maximum atomic E-state index is 10.5. The Kier molecular flexibility index (Phi) is 5.89. The van der Waals surface area contributed by atoms with Crippen molar-refractivity contribution in [2.24, 2.45) is 4.99 Å². The minimum Gasteiger partial charge on any atom is -0.405 e. The van der Waals surface area contributed by atoms with Crippen LogP contribution in [0.4, 0.5) is 0 Å². The second-order valence-corrected chi connectivity index (χ2v) is 11.3. The molecule has 0 aliphatic heterocycles. The first kappa shape index (κ1) is 18.3. The van der Waals surface area contributed by atoms with Gasteiger partial charge in [-0.3, -0.25) is 0 Å². The van der Waals surface area contributed by atoms with Crippen molar-refractivity contribution < 1.29 is 9.22 Å². The van der Waals surface area contributed by atoms with Gasteiger partial charge in [-0.25, -0.2) is 9.79 Å². The van der Waals surface area contributed by atoms with Crippen LogP contribution in [0.25, 0.3) is 0 Å². The largest absolute Gasteiger partial charge is 0.405 e. The molecule has 0 fully saturated rings. The predicted octanol–water partition coefficient (Wildman–Crippen LogP) is 3.29. The van der Waals surface area contributed by atoms with Crippen LogP contribution in [0.2, 0.25) is 5.04 Å². The summed E-state index contributed by atoms with van der Waals surface area (Å²) in [6.07, 6.45) is 1.63. The van der Waals surface area contributed by atoms with Crippen molar-refractivity contribution in [3.8, 4) is 0 Å². The van der Waals surface area contributed by atoms with E-state index >= 15 is 0 Å². The van der Waals surface area contributed by atoms with Gasteiger partial charge in [-0.05, 0) is 22.3 Å². The number of aliphatic imine (C=N–C) groups is 1. The lowest BCUT2D eigenvalue weighted by Gasteiger charge is -2.43. The van der Waals surface area contributed by atoms with Crippen molar-refractivity contribution in [2.75, 3.05) is 6.61 Å². The minimum atomic E-state index is -2.53. The van der Waals surface area contributed by atoms with Crippen LogP contribution in [-0.4, -0.2) is 27.0 Å². The molecule has 0 aliphatic rings. The van der Waals surface area contributed by atoms with Crippen molar-refractivity contribution in [3.63, 3.8) is 0 Å². The van der Waals surface area contributed by atoms with Crippen molar-refractivity contribution in [2.45, 2.75) is 38.8 Å². The molecule has 0 unspecified atom stereocenters. The average Bonchev–Trinajstić information content (AvgIpc) is 2.56. The molecule has 0 saturated heterocycles. The molecule has 24 heavy (non-hydrogen) atoms. The molecule has 0 aromatic heterocycles. The first-order chi connectivity index (χ1) is 11.4. The molecule has 0 spiro atoms. The Labute approximate surface area is 145 Å². The summed E-state index contributed by atoms with van der Waals surface area (Å²) in [5, 5.41) is 2.39. The van der Waals surface area contributed by atoms with Crippen LogP contribution < -0.4 is 10.4 Å². The summed E-state index contributed by atoms with van der Waals surface area (Å²) >= 11 is 0. The molecular weight excluding hydrogens is 314 g/mol. The van der Waals surface area contributed by atoms with E-state index in [-0.39, 0.29) is 11.1 Å². The number of hydrogen-bond donors (Lipinski definition) is 0. The first-order valence-corrected chi connectivity index (χ1v) is 10.1. The molecule has 4 heteroatoms. The van der Waals surface area contributed by atoms with E-state index < -0.39 is 8.32 Å². The number of nitrogens with zero attached hydrogens (tertiary/aromatic N) is 1. The molecule has 126 valence electrons. The highest BCUT2D eigenvalue weighted by molar-refractivity contribution is 6.99. The molecule has 2 aromatic carbocycles. The van der Waals surface area contributed by atoms with Crippen LogP contribution in [-0.2, 0) is 9.22 Å². The van der Waals surface area contributed by atoms with Crippen LogP contribution in [0.3, 0.4) is 0 Å². The highest BCUT2D eigenvalue weighted by Crippen LogP contribution is 2.36. The van der Waals surface area contributed by atoms with Crippen molar-refractivity contribution in [1.82, 2.24) is 0 Å². The van der Waals surface area contributed by atoms with E-state index in [1.165, 1.54) is 10.4 Å². The summed E-state index contributed by atoms with van der Waals surface area (Å²) in [4.78, 5) is 14.3. The lowest BCUT2D eigenvalue weighted by Crippen LogP contribution is -2.67. The monoisotopic (exact) mass is 339 g/mol. The molecule has 3 nitrogen and oxygen atoms in total.